The van der Waals surface area contributed by atoms with E-state index in [-0.39, 0.29) is 30.8 Å². The first kappa shape index (κ1) is 12.9. The van der Waals surface area contributed by atoms with Crippen molar-refractivity contribution in [1.82, 2.24) is 10.2 Å². The molecular weight excluding hydrogens is 278 g/mol. The number of ether oxygens (including phenoxy) is 1. The van der Waals surface area contributed by atoms with Crippen molar-refractivity contribution in [3.05, 3.63) is 29.8 Å². The van der Waals surface area contributed by atoms with Crippen LogP contribution in [-0.4, -0.2) is 29.6 Å². The number of alkyl halides is 2. The van der Waals surface area contributed by atoms with Crippen LogP contribution >= 0.6 is 0 Å². The molecule has 6 heteroatoms. The maximum Gasteiger partial charge on any atom is 0.320 e. The zero-order chi connectivity index (χ0) is 14.8. The zero-order valence-corrected chi connectivity index (χ0v) is 11.6. The van der Waals surface area contributed by atoms with Crippen molar-refractivity contribution < 1.29 is 18.3 Å². The van der Waals surface area contributed by atoms with Gasteiger partial charge in [0.1, 0.15) is 5.75 Å². The van der Waals surface area contributed by atoms with E-state index in [9.17, 15) is 13.6 Å². The lowest BCUT2D eigenvalue weighted by atomic mass is 9.69. The van der Waals surface area contributed by atoms with E-state index in [1.54, 1.807) is 7.05 Å². The molecular formula is C15H16F2N2O2. The Balaban J connectivity index is 1.77. The summed E-state index contributed by atoms with van der Waals surface area (Å²) in [6.07, 6.45) is 0.0615. The smallest absolute Gasteiger partial charge is 0.320 e. The average molecular weight is 294 g/mol. The Labute approximate surface area is 121 Å². The van der Waals surface area contributed by atoms with Crippen LogP contribution in [0.15, 0.2) is 24.3 Å². The first-order chi connectivity index (χ1) is 9.91. The largest absolute Gasteiger partial charge is 0.467 e. The number of carbonyl (C=O) groups is 1. The third-order valence-electron chi connectivity index (χ3n) is 4.98. The Bertz CT molecular complexity index is 613. The van der Waals surface area contributed by atoms with Crippen molar-refractivity contribution in [3.63, 3.8) is 0 Å². The van der Waals surface area contributed by atoms with E-state index in [4.69, 9.17) is 4.74 Å². The highest BCUT2D eigenvalue weighted by atomic mass is 19.3. The third-order valence-corrected chi connectivity index (χ3v) is 4.98. The van der Waals surface area contributed by atoms with Crippen LogP contribution in [0, 0.1) is 5.92 Å². The molecule has 2 amide bonds. The van der Waals surface area contributed by atoms with Gasteiger partial charge in [0, 0.05) is 37.8 Å². The summed E-state index contributed by atoms with van der Waals surface area (Å²) >= 11 is 0. The topological polar surface area (TPSA) is 41.6 Å². The molecule has 4 rings (SSSR count). The fourth-order valence-electron chi connectivity index (χ4n) is 3.75. The molecule has 1 aromatic rings. The van der Waals surface area contributed by atoms with Gasteiger partial charge in [0.2, 0.25) is 5.92 Å². The van der Waals surface area contributed by atoms with Crippen molar-refractivity contribution in [2.75, 3.05) is 7.05 Å². The maximum atomic E-state index is 13.3. The molecule has 1 N–H and O–H groups in total. The van der Waals surface area contributed by atoms with Crippen LogP contribution < -0.4 is 10.1 Å². The molecule has 1 saturated heterocycles. The van der Waals surface area contributed by atoms with Gasteiger partial charge in [-0.05, 0) is 6.07 Å². The molecule has 112 valence electrons. The van der Waals surface area contributed by atoms with E-state index < -0.39 is 11.6 Å². The number of benzene rings is 1. The molecule has 1 aliphatic carbocycles. The lowest BCUT2D eigenvalue weighted by molar-refractivity contribution is -0.217. The van der Waals surface area contributed by atoms with Gasteiger partial charge in [-0.2, -0.15) is 0 Å². The van der Waals surface area contributed by atoms with E-state index in [2.05, 4.69) is 5.32 Å². The Kier molecular flexibility index (Phi) is 2.37. The molecule has 0 radical (unpaired) electrons. The first-order valence-corrected chi connectivity index (χ1v) is 7.11. The van der Waals surface area contributed by atoms with E-state index >= 15 is 0 Å². The second-order valence-corrected chi connectivity index (χ2v) is 6.21. The van der Waals surface area contributed by atoms with Gasteiger partial charge in [0.25, 0.3) is 0 Å². The minimum absolute atomic E-state index is 0.173. The van der Waals surface area contributed by atoms with Gasteiger partial charge in [0.15, 0.2) is 5.72 Å². The predicted molar refractivity (Wildman–Crippen MR) is 71.1 cm³/mol. The monoisotopic (exact) mass is 294 g/mol. The molecule has 2 fully saturated rings. The number of fused-ring (bicyclic) bond motifs is 4. The van der Waals surface area contributed by atoms with Gasteiger partial charge in [-0.25, -0.2) is 13.6 Å². The maximum absolute atomic E-state index is 13.3. The predicted octanol–water partition coefficient (Wildman–Crippen LogP) is 2.91. The van der Waals surface area contributed by atoms with Crippen LogP contribution in [-0.2, 0) is 0 Å². The molecule has 3 aliphatic rings. The summed E-state index contributed by atoms with van der Waals surface area (Å²) in [5, 5.41) is 2.92. The quantitative estimate of drug-likeness (QED) is 0.865. The van der Waals surface area contributed by atoms with Crippen molar-refractivity contribution in [3.8, 4) is 5.75 Å². The summed E-state index contributed by atoms with van der Waals surface area (Å²) in [7, 11) is 1.62. The number of hydrogen-bond acceptors (Lipinski definition) is 2. The lowest BCUT2D eigenvalue weighted by Crippen LogP contribution is -2.70. The summed E-state index contributed by atoms with van der Waals surface area (Å²) in [4.78, 5) is 13.6. The van der Waals surface area contributed by atoms with Crippen LogP contribution in [0.25, 0.3) is 0 Å². The lowest BCUT2D eigenvalue weighted by Gasteiger charge is -2.57. The standard InChI is InChI=1S/C15H16F2N2O2/c1-19-13(20)18-11-8-15(19,9-6-14(16,17)7-9)21-12-5-3-2-4-10(11)12/h2-5,9,11H,6-8H2,1H3,(H,18,20). The number of halogens is 2. The number of nitrogens with one attached hydrogen (secondary N) is 1. The Morgan fingerprint density at radius 1 is 1.29 bits per heavy atom. The number of rotatable bonds is 1. The first-order valence-electron chi connectivity index (χ1n) is 7.11. The molecule has 2 atom stereocenters. The highest BCUT2D eigenvalue weighted by Gasteiger charge is 2.62. The zero-order valence-electron chi connectivity index (χ0n) is 11.6. The van der Waals surface area contributed by atoms with E-state index in [1.165, 1.54) is 4.90 Å². The number of hydrogen-bond donors (Lipinski definition) is 1. The molecule has 2 heterocycles. The van der Waals surface area contributed by atoms with Crippen molar-refractivity contribution in [2.45, 2.75) is 37.0 Å². The summed E-state index contributed by atoms with van der Waals surface area (Å²) in [6.45, 7) is 0. The highest BCUT2D eigenvalue weighted by molar-refractivity contribution is 5.77. The fraction of sp³-hybridized carbons (Fsp3) is 0.533. The summed E-state index contributed by atoms with van der Waals surface area (Å²) in [5.41, 5.74) is -0.0380. The normalized spacial score (nSPS) is 33.6. The van der Waals surface area contributed by atoms with Gasteiger partial charge >= 0.3 is 6.03 Å². The van der Waals surface area contributed by atoms with E-state index in [1.807, 2.05) is 24.3 Å². The minimum atomic E-state index is -2.63. The number of amides is 2. The van der Waals surface area contributed by atoms with Gasteiger partial charge in [-0.3, -0.25) is 4.90 Å². The Hall–Kier alpha value is -1.85. The SMILES string of the molecule is CN1C(=O)NC2CC1(C1CC(F)(F)C1)Oc1ccccc12. The number of para-hydroxylation sites is 1. The number of urea groups is 1. The molecule has 4 nitrogen and oxygen atoms in total. The molecule has 21 heavy (non-hydrogen) atoms. The van der Waals surface area contributed by atoms with E-state index in [0.717, 1.165) is 5.56 Å². The molecule has 2 aliphatic heterocycles. The van der Waals surface area contributed by atoms with Crippen LogP contribution in [0.4, 0.5) is 13.6 Å². The average Bonchev–Trinajstić information content (AvgIpc) is 2.42. The van der Waals surface area contributed by atoms with Crippen molar-refractivity contribution in [1.29, 1.82) is 0 Å². The molecule has 1 aromatic carbocycles. The minimum Gasteiger partial charge on any atom is -0.467 e. The van der Waals surface area contributed by atoms with Gasteiger partial charge < -0.3 is 10.1 Å². The molecule has 2 bridgehead atoms. The Morgan fingerprint density at radius 3 is 2.71 bits per heavy atom. The van der Waals surface area contributed by atoms with Gasteiger partial charge in [-0.15, -0.1) is 0 Å². The van der Waals surface area contributed by atoms with Crippen LogP contribution in [0.1, 0.15) is 30.9 Å². The van der Waals surface area contributed by atoms with Crippen LogP contribution in [0.5, 0.6) is 5.75 Å². The summed E-state index contributed by atoms with van der Waals surface area (Å²) in [6, 6.07) is 7.04. The molecule has 1 saturated carbocycles. The summed E-state index contributed by atoms with van der Waals surface area (Å²) < 4.78 is 32.7. The number of carbonyl (C=O) groups excluding carboxylic acids is 1. The highest BCUT2D eigenvalue weighted by Crippen LogP contribution is 2.55. The fourth-order valence-corrected chi connectivity index (χ4v) is 3.75. The van der Waals surface area contributed by atoms with Crippen molar-refractivity contribution in [2.24, 2.45) is 5.92 Å². The van der Waals surface area contributed by atoms with Gasteiger partial charge in [0.05, 0.1) is 6.04 Å². The molecule has 2 unspecified atom stereocenters. The second kappa shape index (κ2) is 3.87. The molecule has 0 spiro atoms. The third kappa shape index (κ3) is 1.68. The summed E-state index contributed by atoms with van der Waals surface area (Å²) in [5.74, 6) is -2.29. The van der Waals surface area contributed by atoms with Crippen molar-refractivity contribution >= 4 is 6.03 Å². The van der Waals surface area contributed by atoms with Crippen LogP contribution in [0.2, 0.25) is 0 Å². The number of nitrogens with zero attached hydrogens (tertiary/aromatic N) is 1. The van der Waals surface area contributed by atoms with Crippen LogP contribution in [0.3, 0.4) is 0 Å². The Morgan fingerprint density at radius 2 is 2.00 bits per heavy atom. The van der Waals surface area contributed by atoms with E-state index in [0.29, 0.717) is 12.2 Å². The van der Waals surface area contributed by atoms with Gasteiger partial charge in [-0.1, -0.05) is 18.2 Å². The second-order valence-electron chi connectivity index (χ2n) is 6.21. The molecule has 0 aromatic heterocycles.